The zero-order valence-electron chi connectivity index (χ0n) is 15.4. The van der Waals surface area contributed by atoms with Gasteiger partial charge in [0.25, 0.3) is 5.91 Å². The zero-order valence-corrected chi connectivity index (χ0v) is 17.0. The molecule has 27 heavy (non-hydrogen) atoms. The first-order valence-corrected chi connectivity index (χ1v) is 9.74. The molecule has 0 spiro atoms. The highest BCUT2D eigenvalue weighted by molar-refractivity contribution is 8.26. The number of carbonyl (C=O) groups is 3. The van der Waals surface area contributed by atoms with Crippen LogP contribution in [0.1, 0.15) is 31.4 Å². The number of benzene rings is 1. The average Bonchev–Trinajstić information content (AvgIpc) is 2.83. The lowest BCUT2D eigenvalue weighted by atomic mass is 10.0. The van der Waals surface area contributed by atoms with E-state index >= 15 is 0 Å². The number of nitrogens with one attached hydrogen (secondary N) is 1. The van der Waals surface area contributed by atoms with E-state index in [1.807, 2.05) is 45.0 Å². The van der Waals surface area contributed by atoms with Gasteiger partial charge in [-0.2, -0.15) is 0 Å². The molecular formula is C19H22N2O4S2. The monoisotopic (exact) mass is 406 g/mol. The van der Waals surface area contributed by atoms with Crippen LogP contribution in [0.15, 0.2) is 29.2 Å². The minimum atomic E-state index is -1.10. The molecule has 2 amide bonds. The van der Waals surface area contributed by atoms with E-state index in [1.165, 1.54) is 4.90 Å². The first-order chi connectivity index (χ1) is 12.7. The van der Waals surface area contributed by atoms with Gasteiger partial charge in [-0.3, -0.25) is 14.5 Å². The van der Waals surface area contributed by atoms with Gasteiger partial charge in [-0.1, -0.05) is 67.7 Å². The third-order valence-electron chi connectivity index (χ3n) is 3.89. The maximum absolute atomic E-state index is 12.6. The summed E-state index contributed by atoms with van der Waals surface area (Å²) in [6, 6.07) is 6.70. The Bertz CT molecular complexity index is 787. The van der Waals surface area contributed by atoms with Crippen LogP contribution in [0.4, 0.5) is 0 Å². The summed E-state index contributed by atoms with van der Waals surface area (Å²) in [7, 11) is 0. The molecule has 0 bridgehead atoms. The van der Waals surface area contributed by atoms with Gasteiger partial charge in [0.1, 0.15) is 16.9 Å². The molecule has 0 aliphatic carbocycles. The van der Waals surface area contributed by atoms with E-state index in [0.717, 1.165) is 22.9 Å². The largest absolute Gasteiger partial charge is 0.480 e. The molecule has 1 aromatic carbocycles. The molecule has 1 aromatic rings. The number of aliphatic carboxylic acids is 1. The summed E-state index contributed by atoms with van der Waals surface area (Å²) in [5.74, 6) is -1.88. The molecule has 1 saturated heterocycles. The topological polar surface area (TPSA) is 86.7 Å². The predicted octanol–water partition coefficient (Wildman–Crippen LogP) is 2.81. The van der Waals surface area contributed by atoms with Crippen LogP contribution in [0.25, 0.3) is 6.08 Å². The molecule has 1 heterocycles. The molecule has 2 rings (SSSR count). The van der Waals surface area contributed by atoms with Crippen LogP contribution in [0.2, 0.25) is 0 Å². The average molecular weight is 407 g/mol. The van der Waals surface area contributed by atoms with Crippen molar-refractivity contribution >= 4 is 52.2 Å². The fraction of sp³-hybridized carbons (Fsp3) is 0.368. The number of hydrogen-bond donors (Lipinski definition) is 2. The number of rotatable bonds is 7. The van der Waals surface area contributed by atoms with Crippen molar-refractivity contribution in [2.45, 2.75) is 33.2 Å². The molecule has 1 unspecified atom stereocenters. The van der Waals surface area contributed by atoms with Crippen LogP contribution in [-0.2, 0) is 14.4 Å². The summed E-state index contributed by atoms with van der Waals surface area (Å²) in [4.78, 5) is 37.7. The van der Waals surface area contributed by atoms with E-state index in [0.29, 0.717) is 11.3 Å². The SMILES string of the molecule is Cc1ccc(/C=C2/SC(=S)N(CC(=O)NC(CC(C)C)C(=O)O)C2=O)cc1. The second-order valence-corrected chi connectivity index (χ2v) is 8.44. The maximum atomic E-state index is 12.6. The summed E-state index contributed by atoms with van der Waals surface area (Å²) in [6.45, 7) is 5.43. The normalized spacial score (nSPS) is 16.9. The third-order valence-corrected chi connectivity index (χ3v) is 5.27. The molecule has 1 aliphatic heterocycles. The van der Waals surface area contributed by atoms with Crippen LogP contribution in [-0.4, -0.2) is 44.7 Å². The molecule has 1 fully saturated rings. The minimum Gasteiger partial charge on any atom is -0.480 e. The lowest BCUT2D eigenvalue weighted by molar-refractivity contribution is -0.142. The van der Waals surface area contributed by atoms with Gasteiger partial charge in [0.05, 0.1) is 4.91 Å². The van der Waals surface area contributed by atoms with Gasteiger partial charge >= 0.3 is 5.97 Å². The highest BCUT2D eigenvalue weighted by Crippen LogP contribution is 2.32. The molecule has 1 atom stereocenters. The molecule has 144 valence electrons. The van der Waals surface area contributed by atoms with E-state index in [1.54, 1.807) is 6.08 Å². The number of carbonyl (C=O) groups excluding carboxylic acids is 2. The van der Waals surface area contributed by atoms with E-state index in [-0.39, 0.29) is 22.7 Å². The Kier molecular flexibility index (Phi) is 7.15. The van der Waals surface area contributed by atoms with Crippen molar-refractivity contribution < 1.29 is 19.5 Å². The lowest BCUT2D eigenvalue weighted by Crippen LogP contribution is -2.47. The second kappa shape index (κ2) is 9.14. The molecule has 0 aromatic heterocycles. The molecule has 6 nitrogen and oxygen atoms in total. The van der Waals surface area contributed by atoms with Crippen molar-refractivity contribution in [1.82, 2.24) is 10.2 Å². The Hall–Kier alpha value is -2.19. The van der Waals surface area contributed by atoms with Gasteiger partial charge < -0.3 is 10.4 Å². The van der Waals surface area contributed by atoms with Crippen molar-refractivity contribution in [1.29, 1.82) is 0 Å². The van der Waals surface area contributed by atoms with Crippen LogP contribution in [0.3, 0.4) is 0 Å². The Morgan fingerprint density at radius 3 is 2.48 bits per heavy atom. The molecule has 0 saturated carbocycles. The van der Waals surface area contributed by atoms with Gasteiger partial charge in [0.2, 0.25) is 5.91 Å². The van der Waals surface area contributed by atoms with Gasteiger partial charge in [-0.25, -0.2) is 4.79 Å². The van der Waals surface area contributed by atoms with Gasteiger partial charge in [-0.15, -0.1) is 0 Å². The number of thiocarbonyl (C=S) groups is 1. The Balaban J connectivity index is 2.05. The van der Waals surface area contributed by atoms with Crippen molar-refractivity contribution in [2.75, 3.05) is 6.54 Å². The maximum Gasteiger partial charge on any atom is 0.326 e. The van der Waals surface area contributed by atoms with Crippen molar-refractivity contribution in [2.24, 2.45) is 5.92 Å². The number of carboxylic acid groups (broad SMARTS) is 1. The third kappa shape index (κ3) is 5.90. The highest BCUT2D eigenvalue weighted by Gasteiger charge is 2.34. The lowest BCUT2D eigenvalue weighted by Gasteiger charge is -2.19. The molecule has 8 heteroatoms. The first kappa shape index (κ1) is 21.1. The van der Waals surface area contributed by atoms with Crippen molar-refractivity contribution in [3.63, 3.8) is 0 Å². The summed E-state index contributed by atoms with van der Waals surface area (Å²) in [5, 5.41) is 11.7. The highest BCUT2D eigenvalue weighted by atomic mass is 32.2. The Morgan fingerprint density at radius 2 is 1.93 bits per heavy atom. The number of aryl methyl sites for hydroxylation is 1. The van der Waals surface area contributed by atoms with Crippen molar-refractivity contribution in [3.8, 4) is 0 Å². The number of thioether (sulfide) groups is 1. The molecular weight excluding hydrogens is 384 g/mol. The predicted molar refractivity (Wildman–Crippen MR) is 110 cm³/mol. The van der Waals surface area contributed by atoms with Gasteiger partial charge in [-0.05, 0) is 30.9 Å². The standard InChI is InChI=1S/C19H22N2O4S2/c1-11(2)8-14(18(24)25)20-16(22)10-21-17(23)15(27-19(21)26)9-13-6-4-12(3)5-7-13/h4-7,9,11,14H,8,10H2,1-3H3,(H,20,22)(H,24,25)/b15-9+. The fourth-order valence-corrected chi connectivity index (χ4v) is 3.78. The Labute approximate surface area is 168 Å². The summed E-state index contributed by atoms with van der Waals surface area (Å²) < 4.78 is 0.282. The Morgan fingerprint density at radius 1 is 1.30 bits per heavy atom. The quantitative estimate of drug-likeness (QED) is 0.535. The van der Waals surface area contributed by atoms with Gasteiger partial charge in [0, 0.05) is 0 Å². The van der Waals surface area contributed by atoms with E-state index < -0.39 is 17.9 Å². The van der Waals surface area contributed by atoms with Crippen LogP contribution < -0.4 is 5.32 Å². The minimum absolute atomic E-state index is 0.112. The number of hydrogen-bond acceptors (Lipinski definition) is 5. The van der Waals surface area contributed by atoms with E-state index in [4.69, 9.17) is 12.2 Å². The molecule has 0 radical (unpaired) electrons. The second-order valence-electron chi connectivity index (χ2n) is 6.77. The van der Waals surface area contributed by atoms with E-state index in [2.05, 4.69) is 5.32 Å². The summed E-state index contributed by atoms with van der Waals surface area (Å²) in [6.07, 6.45) is 2.04. The fourth-order valence-electron chi connectivity index (χ4n) is 2.53. The van der Waals surface area contributed by atoms with Crippen LogP contribution >= 0.6 is 24.0 Å². The van der Waals surface area contributed by atoms with Crippen LogP contribution in [0, 0.1) is 12.8 Å². The molecule has 2 N–H and O–H groups in total. The number of nitrogens with zero attached hydrogens (tertiary/aromatic N) is 1. The van der Waals surface area contributed by atoms with Crippen LogP contribution in [0.5, 0.6) is 0 Å². The van der Waals surface area contributed by atoms with E-state index in [9.17, 15) is 19.5 Å². The summed E-state index contributed by atoms with van der Waals surface area (Å²) in [5.41, 5.74) is 1.99. The zero-order chi connectivity index (χ0) is 20.1. The number of amides is 2. The first-order valence-electron chi connectivity index (χ1n) is 8.51. The summed E-state index contributed by atoms with van der Waals surface area (Å²) >= 11 is 6.35. The van der Waals surface area contributed by atoms with Gasteiger partial charge in [0.15, 0.2) is 0 Å². The molecule has 1 aliphatic rings. The van der Waals surface area contributed by atoms with Crippen molar-refractivity contribution in [3.05, 3.63) is 40.3 Å². The number of carboxylic acids is 1. The smallest absolute Gasteiger partial charge is 0.326 e.